The molecule has 17 heavy (non-hydrogen) atoms. The number of carbonyl (C=O) groups excluding carboxylic acids is 1. The van der Waals surface area contributed by atoms with Gasteiger partial charge in [-0.25, -0.2) is 4.39 Å². The fraction of sp³-hybridized carbons (Fsp3) is 0.0769. The zero-order valence-electron chi connectivity index (χ0n) is 8.86. The van der Waals surface area contributed by atoms with E-state index in [4.69, 9.17) is 0 Å². The Morgan fingerprint density at radius 3 is 2.82 bits per heavy atom. The Hall–Kier alpha value is -1.55. The highest BCUT2D eigenvalue weighted by atomic mass is 79.9. The Kier molecular flexibility index (Phi) is 3.64. The van der Waals surface area contributed by atoms with Crippen molar-refractivity contribution in [1.82, 2.24) is 4.98 Å². The van der Waals surface area contributed by atoms with Crippen LogP contribution in [-0.2, 0) is 6.42 Å². The second-order valence-electron chi connectivity index (χ2n) is 3.56. The molecular formula is C13H9BrFNO. The molecule has 0 aliphatic carbocycles. The number of aromatic nitrogens is 1. The molecule has 0 saturated carbocycles. The molecule has 0 aliphatic heterocycles. The molecule has 0 bridgehead atoms. The Bertz CT molecular complexity index is 542. The maximum absolute atomic E-state index is 13.7. The van der Waals surface area contributed by atoms with Crippen LogP contribution in [0.5, 0.6) is 0 Å². The van der Waals surface area contributed by atoms with Gasteiger partial charge in [-0.05, 0) is 39.7 Å². The van der Waals surface area contributed by atoms with Gasteiger partial charge in [0.1, 0.15) is 5.82 Å². The molecule has 0 aliphatic rings. The van der Waals surface area contributed by atoms with Gasteiger partial charge in [0.15, 0.2) is 5.78 Å². The van der Waals surface area contributed by atoms with E-state index in [1.807, 2.05) is 0 Å². The van der Waals surface area contributed by atoms with Gasteiger partial charge in [-0.15, -0.1) is 0 Å². The number of pyridine rings is 1. The van der Waals surface area contributed by atoms with Crippen molar-refractivity contribution in [3.8, 4) is 0 Å². The van der Waals surface area contributed by atoms with Crippen molar-refractivity contribution >= 4 is 21.7 Å². The van der Waals surface area contributed by atoms with Gasteiger partial charge in [-0.2, -0.15) is 0 Å². The number of benzene rings is 1. The maximum Gasteiger partial charge on any atom is 0.170 e. The van der Waals surface area contributed by atoms with Gasteiger partial charge >= 0.3 is 0 Å². The van der Waals surface area contributed by atoms with Gasteiger partial charge in [-0.3, -0.25) is 9.78 Å². The van der Waals surface area contributed by atoms with Gasteiger partial charge in [0.05, 0.1) is 10.0 Å². The fourth-order valence-corrected chi connectivity index (χ4v) is 1.87. The summed E-state index contributed by atoms with van der Waals surface area (Å²) in [7, 11) is 0. The lowest BCUT2D eigenvalue weighted by atomic mass is 10.0. The first-order valence-corrected chi connectivity index (χ1v) is 5.84. The molecule has 1 aromatic carbocycles. The highest BCUT2D eigenvalue weighted by Crippen LogP contribution is 2.19. The summed E-state index contributed by atoms with van der Waals surface area (Å²) in [5, 5.41) is 0. The first-order chi connectivity index (χ1) is 8.18. The molecule has 4 heteroatoms. The number of hydrogen-bond acceptors (Lipinski definition) is 2. The molecule has 2 aromatic rings. The molecule has 0 fully saturated rings. The zero-order valence-corrected chi connectivity index (χ0v) is 10.4. The summed E-state index contributed by atoms with van der Waals surface area (Å²) in [6, 6.07) is 8.24. The molecule has 2 rings (SSSR count). The minimum atomic E-state index is -0.513. The fourth-order valence-electron chi connectivity index (χ4n) is 1.50. The second kappa shape index (κ2) is 5.19. The summed E-state index contributed by atoms with van der Waals surface area (Å²) in [4.78, 5) is 15.8. The van der Waals surface area contributed by atoms with Gasteiger partial charge in [0.2, 0.25) is 0 Å². The van der Waals surface area contributed by atoms with Crippen LogP contribution in [0, 0.1) is 5.82 Å². The SMILES string of the molecule is O=C(Cc1cccnc1)c1cccc(Br)c1F. The second-order valence-corrected chi connectivity index (χ2v) is 4.42. The number of Topliss-reactive ketones (excluding diaryl/α,β-unsaturated/α-hetero) is 1. The molecule has 1 heterocycles. The smallest absolute Gasteiger partial charge is 0.170 e. The molecule has 0 atom stereocenters. The average molecular weight is 294 g/mol. The van der Waals surface area contributed by atoms with E-state index < -0.39 is 5.82 Å². The van der Waals surface area contributed by atoms with E-state index in [0.717, 1.165) is 5.56 Å². The van der Waals surface area contributed by atoms with E-state index in [9.17, 15) is 9.18 Å². The number of rotatable bonds is 3. The van der Waals surface area contributed by atoms with Gasteiger partial charge < -0.3 is 0 Å². The molecule has 0 saturated heterocycles. The molecule has 0 unspecified atom stereocenters. The van der Waals surface area contributed by atoms with Crippen LogP contribution in [0.25, 0.3) is 0 Å². The third-order valence-corrected chi connectivity index (χ3v) is 2.95. The predicted molar refractivity (Wildman–Crippen MR) is 66.4 cm³/mol. The molecule has 0 spiro atoms. The molecule has 0 radical (unpaired) electrons. The number of nitrogens with zero attached hydrogens (tertiary/aromatic N) is 1. The third kappa shape index (κ3) is 2.77. The Balaban J connectivity index is 2.24. The van der Waals surface area contributed by atoms with E-state index >= 15 is 0 Å². The number of ketones is 1. The van der Waals surface area contributed by atoms with Crippen LogP contribution in [0.3, 0.4) is 0 Å². The Labute approximate surface area is 107 Å². The lowest BCUT2D eigenvalue weighted by Gasteiger charge is -2.03. The summed E-state index contributed by atoms with van der Waals surface area (Å²) < 4.78 is 14.0. The Morgan fingerprint density at radius 1 is 1.29 bits per heavy atom. The molecule has 2 nitrogen and oxygen atoms in total. The first-order valence-electron chi connectivity index (χ1n) is 5.04. The standard InChI is InChI=1S/C13H9BrFNO/c14-11-5-1-4-10(13(11)15)12(17)7-9-3-2-6-16-8-9/h1-6,8H,7H2. The van der Waals surface area contributed by atoms with Crippen LogP contribution in [0.2, 0.25) is 0 Å². The van der Waals surface area contributed by atoms with E-state index in [0.29, 0.717) is 4.47 Å². The van der Waals surface area contributed by atoms with Crippen molar-refractivity contribution in [2.45, 2.75) is 6.42 Å². The molecule has 0 N–H and O–H groups in total. The topological polar surface area (TPSA) is 30.0 Å². The molecule has 0 amide bonds. The van der Waals surface area contributed by atoms with Crippen molar-refractivity contribution in [3.63, 3.8) is 0 Å². The van der Waals surface area contributed by atoms with Crippen molar-refractivity contribution in [2.24, 2.45) is 0 Å². The number of halogens is 2. The minimum absolute atomic E-state index is 0.100. The van der Waals surface area contributed by atoms with Crippen molar-refractivity contribution in [1.29, 1.82) is 0 Å². The van der Waals surface area contributed by atoms with Gasteiger partial charge in [0, 0.05) is 18.8 Å². The van der Waals surface area contributed by atoms with E-state index in [1.54, 1.807) is 36.7 Å². The molecule has 86 valence electrons. The van der Waals surface area contributed by atoms with Crippen molar-refractivity contribution < 1.29 is 9.18 Å². The normalized spacial score (nSPS) is 10.2. The Morgan fingerprint density at radius 2 is 2.12 bits per heavy atom. The van der Waals surface area contributed by atoms with Gasteiger partial charge in [-0.1, -0.05) is 12.1 Å². The van der Waals surface area contributed by atoms with Crippen LogP contribution in [0.4, 0.5) is 4.39 Å². The van der Waals surface area contributed by atoms with Crippen LogP contribution in [0.15, 0.2) is 47.2 Å². The number of hydrogen-bond donors (Lipinski definition) is 0. The lowest BCUT2D eigenvalue weighted by Crippen LogP contribution is -2.06. The number of carbonyl (C=O) groups is 1. The van der Waals surface area contributed by atoms with Crippen molar-refractivity contribution in [3.05, 3.63) is 64.1 Å². The predicted octanol–water partition coefficient (Wildman–Crippen LogP) is 3.41. The first kappa shape index (κ1) is 11.9. The summed E-state index contributed by atoms with van der Waals surface area (Å²) in [5.41, 5.74) is 0.875. The lowest BCUT2D eigenvalue weighted by molar-refractivity contribution is 0.0989. The van der Waals surface area contributed by atoms with Crippen LogP contribution in [-0.4, -0.2) is 10.8 Å². The molecule has 1 aromatic heterocycles. The van der Waals surface area contributed by atoms with Crippen LogP contribution in [0.1, 0.15) is 15.9 Å². The van der Waals surface area contributed by atoms with Gasteiger partial charge in [0.25, 0.3) is 0 Å². The van der Waals surface area contributed by atoms with E-state index in [-0.39, 0.29) is 17.8 Å². The summed E-state index contributed by atoms with van der Waals surface area (Å²) in [6.07, 6.45) is 3.39. The van der Waals surface area contributed by atoms with E-state index in [1.165, 1.54) is 6.07 Å². The summed E-state index contributed by atoms with van der Waals surface area (Å²) >= 11 is 3.06. The highest BCUT2D eigenvalue weighted by molar-refractivity contribution is 9.10. The third-order valence-electron chi connectivity index (χ3n) is 2.34. The minimum Gasteiger partial charge on any atom is -0.294 e. The van der Waals surface area contributed by atoms with Crippen LogP contribution < -0.4 is 0 Å². The maximum atomic E-state index is 13.7. The summed E-state index contributed by atoms with van der Waals surface area (Å²) in [6.45, 7) is 0. The monoisotopic (exact) mass is 293 g/mol. The highest BCUT2D eigenvalue weighted by Gasteiger charge is 2.14. The summed E-state index contributed by atoms with van der Waals surface area (Å²) in [5.74, 6) is -0.766. The zero-order chi connectivity index (χ0) is 12.3. The van der Waals surface area contributed by atoms with Crippen molar-refractivity contribution in [2.75, 3.05) is 0 Å². The molecular weight excluding hydrogens is 285 g/mol. The largest absolute Gasteiger partial charge is 0.294 e. The average Bonchev–Trinajstić information content (AvgIpc) is 2.34. The van der Waals surface area contributed by atoms with Crippen LogP contribution >= 0.6 is 15.9 Å². The van der Waals surface area contributed by atoms with E-state index in [2.05, 4.69) is 20.9 Å². The quantitative estimate of drug-likeness (QED) is 0.812.